The van der Waals surface area contributed by atoms with Crippen molar-refractivity contribution in [1.29, 1.82) is 0 Å². The van der Waals surface area contributed by atoms with Gasteiger partial charge in [-0.3, -0.25) is 0 Å². The summed E-state index contributed by atoms with van der Waals surface area (Å²) in [5.74, 6) is -2.46. The summed E-state index contributed by atoms with van der Waals surface area (Å²) < 4.78 is 9.52. The molecule has 1 aromatic rings. The fourth-order valence-electron chi connectivity index (χ4n) is 1.46. The van der Waals surface area contributed by atoms with Crippen molar-refractivity contribution in [1.82, 2.24) is 0 Å². The number of esters is 2. The molecule has 0 spiro atoms. The zero-order valence-corrected chi connectivity index (χ0v) is 10.9. The van der Waals surface area contributed by atoms with Crippen LogP contribution in [0, 0.1) is 0 Å². The van der Waals surface area contributed by atoms with Gasteiger partial charge < -0.3 is 14.6 Å². The first-order chi connectivity index (χ1) is 9.11. The topological polar surface area (TPSA) is 72.8 Å². The monoisotopic (exact) mass is 264 g/mol. The first-order valence-electron chi connectivity index (χ1n) is 5.94. The molecular formula is C14H16O5. The minimum atomic E-state index is -0.950. The minimum Gasteiger partial charge on any atom is -0.501 e. The summed E-state index contributed by atoms with van der Waals surface area (Å²) in [6, 6.07) is 8.33. The highest BCUT2D eigenvalue weighted by Gasteiger charge is 2.24. The first-order valence-corrected chi connectivity index (χ1v) is 5.94. The van der Waals surface area contributed by atoms with Crippen LogP contribution in [-0.2, 0) is 19.1 Å². The lowest BCUT2D eigenvalue weighted by molar-refractivity contribution is -0.142. The van der Waals surface area contributed by atoms with Crippen molar-refractivity contribution in [2.75, 3.05) is 13.2 Å². The predicted octanol–water partition coefficient (Wildman–Crippen LogP) is 2.08. The van der Waals surface area contributed by atoms with E-state index in [2.05, 4.69) is 4.74 Å². The lowest BCUT2D eigenvalue weighted by atomic mass is 10.0. The molecule has 19 heavy (non-hydrogen) atoms. The van der Waals surface area contributed by atoms with Gasteiger partial charge in [0, 0.05) is 0 Å². The van der Waals surface area contributed by atoms with Gasteiger partial charge in [-0.05, 0) is 19.4 Å². The Bertz CT molecular complexity index is 476. The largest absolute Gasteiger partial charge is 0.501 e. The van der Waals surface area contributed by atoms with E-state index in [1.165, 1.54) is 0 Å². The van der Waals surface area contributed by atoms with Crippen molar-refractivity contribution in [3.05, 3.63) is 41.7 Å². The van der Waals surface area contributed by atoms with E-state index in [4.69, 9.17) is 4.74 Å². The molecule has 1 N–H and O–H groups in total. The molecule has 0 radical (unpaired) electrons. The van der Waals surface area contributed by atoms with Gasteiger partial charge in [0.25, 0.3) is 0 Å². The van der Waals surface area contributed by atoms with E-state index in [0.29, 0.717) is 5.56 Å². The third-order valence-corrected chi connectivity index (χ3v) is 2.25. The molecule has 0 fully saturated rings. The molecule has 5 heteroatoms. The van der Waals surface area contributed by atoms with E-state index in [1.807, 2.05) is 0 Å². The molecular weight excluding hydrogens is 248 g/mol. The van der Waals surface area contributed by atoms with Crippen LogP contribution < -0.4 is 0 Å². The Hall–Kier alpha value is -2.30. The number of aliphatic hydroxyl groups is 1. The number of hydrogen-bond acceptors (Lipinski definition) is 5. The van der Waals surface area contributed by atoms with Crippen LogP contribution in [0.5, 0.6) is 0 Å². The summed E-state index contributed by atoms with van der Waals surface area (Å²) in [6.45, 7) is 3.50. The van der Waals surface area contributed by atoms with Gasteiger partial charge in [-0.15, -0.1) is 0 Å². The Morgan fingerprint density at radius 2 is 1.53 bits per heavy atom. The zero-order valence-electron chi connectivity index (χ0n) is 10.9. The summed E-state index contributed by atoms with van der Waals surface area (Å²) >= 11 is 0. The Morgan fingerprint density at radius 1 is 1.00 bits per heavy atom. The van der Waals surface area contributed by atoms with Gasteiger partial charge >= 0.3 is 11.9 Å². The lowest BCUT2D eigenvalue weighted by Crippen LogP contribution is -2.15. The van der Waals surface area contributed by atoms with Crippen LogP contribution in [0.4, 0.5) is 0 Å². The van der Waals surface area contributed by atoms with E-state index in [1.54, 1.807) is 44.2 Å². The maximum absolute atomic E-state index is 11.8. The summed E-state index contributed by atoms with van der Waals surface area (Å²) in [5, 5.41) is 9.86. The van der Waals surface area contributed by atoms with E-state index in [-0.39, 0.29) is 18.8 Å². The standard InChI is InChI=1S/C14H16O5/c1-3-18-13(16)11(10-8-6-5-7-9-10)12(15)14(17)19-4-2/h5-9,15H,3-4H2,1-2H3/b12-11-. The van der Waals surface area contributed by atoms with Gasteiger partial charge in [0.1, 0.15) is 5.57 Å². The van der Waals surface area contributed by atoms with Crippen molar-refractivity contribution in [3.8, 4) is 0 Å². The third kappa shape index (κ3) is 3.84. The molecule has 0 aromatic heterocycles. The van der Waals surface area contributed by atoms with Crippen LogP contribution in [0.15, 0.2) is 36.1 Å². The van der Waals surface area contributed by atoms with Crippen LogP contribution in [0.2, 0.25) is 0 Å². The Balaban J connectivity index is 3.23. The summed E-state index contributed by atoms with van der Waals surface area (Å²) in [5.41, 5.74) is 0.201. The van der Waals surface area contributed by atoms with Crippen molar-refractivity contribution < 1.29 is 24.2 Å². The highest BCUT2D eigenvalue weighted by molar-refractivity contribution is 6.21. The quantitative estimate of drug-likeness (QED) is 0.501. The number of carbonyl (C=O) groups excluding carboxylic acids is 2. The van der Waals surface area contributed by atoms with Crippen molar-refractivity contribution in [2.24, 2.45) is 0 Å². The van der Waals surface area contributed by atoms with Crippen LogP contribution in [0.3, 0.4) is 0 Å². The normalized spacial score (nSPS) is 11.5. The second kappa shape index (κ2) is 7.20. The number of ether oxygens (including phenoxy) is 2. The molecule has 0 aliphatic rings. The molecule has 1 aromatic carbocycles. The Labute approximate surface area is 111 Å². The van der Waals surface area contributed by atoms with Gasteiger partial charge in [0.15, 0.2) is 0 Å². The minimum absolute atomic E-state index is 0.105. The highest BCUT2D eigenvalue weighted by atomic mass is 16.5. The highest BCUT2D eigenvalue weighted by Crippen LogP contribution is 2.20. The predicted molar refractivity (Wildman–Crippen MR) is 69.3 cm³/mol. The maximum Gasteiger partial charge on any atom is 0.374 e. The average molecular weight is 264 g/mol. The fourth-order valence-corrected chi connectivity index (χ4v) is 1.46. The second-order valence-electron chi connectivity index (χ2n) is 3.53. The molecule has 0 atom stereocenters. The third-order valence-electron chi connectivity index (χ3n) is 2.25. The first kappa shape index (κ1) is 14.8. The lowest BCUT2D eigenvalue weighted by Gasteiger charge is -2.09. The van der Waals surface area contributed by atoms with E-state index < -0.39 is 17.7 Å². The molecule has 0 saturated heterocycles. The number of carbonyl (C=O) groups is 2. The maximum atomic E-state index is 11.8. The summed E-state index contributed by atoms with van der Waals surface area (Å²) in [6.07, 6.45) is 0. The average Bonchev–Trinajstić information content (AvgIpc) is 2.40. The van der Waals surface area contributed by atoms with E-state index in [0.717, 1.165) is 0 Å². The molecule has 0 unspecified atom stereocenters. The molecule has 102 valence electrons. The summed E-state index contributed by atoms with van der Waals surface area (Å²) in [7, 11) is 0. The molecule has 0 aliphatic carbocycles. The Morgan fingerprint density at radius 3 is 2.05 bits per heavy atom. The van der Waals surface area contributed by atoms with Gasteiger partial charge in [-0.25, -0.2) is 9.59 Å². The van der Waals surface area contributed by atoms with Crippen LogP contribution in [-0.4, -0.2) is 30.3 Å². The SMILES string of the molecule is CCOC(=O)/C(O)=C(/C(=O)OCC)c1ccccc1. The van der Waals surface area contributed by atoms with Crippen molar-refractivity contribution in [2.45, 2.75) is 13.8 Å². The molecule has 1 rings (SSSR count). The van der Waals surface area contributed by atoms with E-state index >= 15 is 0 Å². The molecule has 0 amide bonds. The van der Waals surface area contributed by atoms with E-state index in [9.17, 15) is 14.7 Å². The number of rotatable bonds is 5. The van der Waals surface area contributed by atoms with Gasteiger partial charge in [-0.1, -0.05) is 30.3 Å². The fraction of sp³-hybridized carbons (Fsp3) is 0.286. The molecule has 0 saturated carbocycles. The number of benzene rings is 1. The molecule has 5 nitrogen and oxygen atoms in total. The van der Waals surface area contributed by atoms with Gasteiger partial charge in [-0.2, -0.15) is 0 Å². The Kier molecular flexibility index (Phi) is 5.60. The summed E-state index contributed by atoms with van der Waals surface area (Å²) in [4.78, 5) is 23.4. The van der Waals surface area contributed by atoms with Gasteiger partial charge in [0.2, 0.25) is 5.76 Å². The molecule has 0 bridgehead atoms. The van der Waals surface area contributed by atoms with Crippen LogP contribution >= 0.6 is 0 Å². The van der Waals surface area contributed by atoms with Crippen LogP contribution in [0.25, 0.3) is 5.57 Å². The van der Waals surface area contributed by atoms with Gasteiger partial charge in [0.05, 0.1) is 13.2 Å². The number of hydrogen-bond donors (Lipinski definition) is 1. The molecule has 0 heterocycles. The smallest absolute Gasteiger partial charge is 0.374 e. The van der Waals surface area contributed by atoms with Crippen LogP contribution in [0.1, 0.15) is 19.4 Å². The zero-order chi connectivity index (χ0) is 14.3. The molecule has 0 aliphatic heterocycles. The van der Waals surface area contributed by atoms with Crippen molar-refractivity contribution >= 4 is 17.5 Å². The van der Waals surface area contributed by atoms with Crippen molar-refractivity contribution in [3.63, 3.8) is 0 Å². The number of aliphatic hydroxyl groups excluding tert-OH is 1. The second-order valence-corrected chi connectivity index (χ2v) is 3.53.